The fourth-order valence-electron chi connectivity index (χ4n) is 2.20. The van der Waals surface area contributed by atoms with Crippen LogP contribution in [0.2, 0.25) is 0 Å². The second-order valence-electron chi connectivity index (χ2n) is 5.50. The molecule has 1 aliphatic rings. The highest BCUT2D eigenvalue weighted by molar-refractivity contribution is 7.89. The molecule has 0 radical (unpaired) electrons. The summed E-state index contributed by atoms with van der Waals surface area (Å²) in [4.78, 5) is 2.16. The van der Waals surface area contributed by atoms with Crippen LogP contribution >= 0.6 is 0 Å². The van der Waals surface area contributed by atoms with Gasteiger partial charge in [-0.2, -0.15) is 9.40 Å². The van der Waals surface area contributed by atoms with Crippen LogP contribution in [0.4, 0.5) is 0 Å². The molecule has 7 nitrogen and oxygen atoms in total. The van der Waals surface area contributed by atoms with Gasteiger partial charge in [-0.15, -0.1) is 0 Å². The summed E-state index contributed by atoms with van der Waals surface area (Å²) in [5.74, 6) is 0. The van der Waals surface area contributed by atoms with Crippen LogP contribution < -0.4 is 5.73 Å². The molecule has 0 atom stereocenters. The number of rotatable bonds is 3. The predicted molar refractivity (Wildman–Crippen MR) is 71.9 cm³/mol. The minimum atomic E-state index is -3.55. The maximum absolute atomic E-state index is 12.6. The van der Waals surface area contributed by atoms with Gasteiger partial charge < -0.3 is 5.73 Å². The van der Waals surface area contributed by atoms with Crippen LogP contribution in [-0.2, 0) is 16.6 Å². The highest BCUT2D eigenvalue weighted by Crippen LogP contribution is 2.25. The van der Waals surface area contributed by atoms with E-state index >= 15 is 0 Å². The molecule has 2 rings (SSSR count). The largest absolute Gasteiger partial charge is 0.326 e. The molecule has 2 heterocycles. The number of hydrogen-bond acceptors (Lipinski definition) is 5. The fraction of sp³-hybridized carbons (Fsp3) is 0.727. The third-order valence-corrected chi connectivity index (χ3v) is 5.64. The van der Waals surface area contributed by atoms with Crippen LogP contribution in [0.25, 0.3) is 0 Å². The molecule has 19 heavy (non-hydrogen) atoms. The Morgan fingerprint density at radius 2 is 2.16 bits per heavy atom. The Labute approximate surface area is 113 Å². The van der Waals surface area contributed by atoms with Gasteiger partial charge in [-0.25, -0.2) is 8.42 Å². The van der Waals surface area contributed by atoms with Crippen LogP contribution in [0.3, 0.4) is 0 Å². The average molecular weight is 287 g/mol. The van der Waals surface area contributed by atoms with Gasteiger partial charge in [-0.05, 0) is 20.9 Å². The van der Waals surface area contributed by atoms with Crippen molar-refractivity contribution in [3.8, 4) is 0 Å². The normalized spacial score (nSPS) is 21.7. The number of hydrogen-bond donors (Lipinski definition) is 2. The Morgan fingerprint density at radius 3 is 2.74 bits per heavy atom. The number of nitrogens with two attached hydrogens (primary N) is 1. The van der Waals surface area contributed by atoms with E-state index in [1.165, 1.54) is 10.5 Å². The third kappa shape index (κ3) is 2.53. The van der Waals surface area contributed by atoms with Gasteiger partial charge >= 0.3 is 0 Å². The van der Waals surface area contributed by atoms with E-state index in [-0.39, 0.29) is 17.1 Å². The standard InChI is InChI=1S/C11H21N5O2S/c1-11(2)8-16(5-4-15(11)3)19(17,18)10-9(6-12)7-13-14-10/h7H,4-6,8,12H2,1-3H3,(H,13,14). The quantitative estimate of drug-likeness (QED) is 0.787. The number of aromatic nitrogens is 2. The molecule has 108 valence electrons. The SMILES string of the molecule is CN1CCN(S(=O)(=O)c2[nH]ncc2CN)CC1(C)C. The molecule has 1 aromatic heterocycles. The monoisotopic (exact) mass is 287 g/mol. The summed E-state index contributed by atoms with van der Waals surface area (Å²) in [6.07, 6.45) is 1.47. The number of nitrogens with zero attached hydrogens (tertiary/aromatic N) is 3. The zero-order chi connectivity index (χ0) is 14.3. The van der Waals surface area contributed by atoms with E-state index in [1.807, 2.05) is 20.9 Å². The number of aromatic amines is 1. The summed E-state index contributed by atoms with van der Waals surface area (Å²) in [6.45, 7) is 5.86. The van der Waals surface area contributed by atoms with E-state index in [2.05, 4.69) is 15.1 Å². The van der Waals surface area contributed by atoms with Gasteiger partial charge in [0.15, 0.2) is 5.03 Å². The van der Waals surface area contributed by atoms with Crippen molar-refractivity contribution in [2.24, 2.45) is 5.73 Å². The molecular weight excluding hydrogens is 266 g/mol. The maximum atomic E-state index is 12.6. The van der Waals surface area contributed by atoms with Crippen molar-refractivity contribution in [2.45, 2.75) is 31.0 Å². The Bertz CT molecular complexity index is 551. The highest BCUT2D eigenvalue weighted by atomic mass is 32.2. The summed E-state index contributed by atoms with van der Waals surface area (Å²) in [5.41, 5.74) is 5.88. The maximum Gasteiger partial charge on any atom is 0.260 e. The Kier molecular flexibility index (Phi) is 3.69. The number of piperazine rings is 1. The Hall–Kier alpha value is -0.960. The highest BCUT2D eigenvalue weighted by Gasteiger charge is 2.38. The van der Waals surface area contributed by atoms with Gasteiger partial charge in [0.05, 0.1) is 6.20 Å². The van der Waals surface area contributed by atoms with Gasteiger partial charge in [0.2, 0.25) is 0 Å². The first-order valence-corrected chi connectivity index (χ1v) is 7.67. The van der Waals surface area contributed by atoms with Gasteiger partial charge in [0.25, 0.3) is 10.0 Å². The Balaban J connectivity index is 2.31. The lowest BCUT2D eigenvalue weighted by molar-refractivity contribution is 0.0800. The number of likely N-dealkylation sites (N-methyl/N-ethyl adjacent to an activating group) is 1. The van der Waals surface area contributed by atoms with Gasteiger partial charge in [-0.1, -0.05) is 0 Å². The van der Waals surface area contributed by atoms with Crippen LogP contribution in [0.5, 0.6) is 0 Å². The first-order valence-electron chi connectivity index (χ1n) is 6.23. The number of H-pyrrole nitrogens is 1. The van der Waals surface area contributed by atoms with Crippen LogP contribution in [0.1, 0.15) is 19.4 Å². The molecule has 0 aliphatic carbocycles. The molecular formula is C11H21N5O2S. The van der Waals surface area contributed by atoms with Crippen LogP contribution in [0, 0.1) is 0 Å². The lowest BCUT2D eigenvalue weighted by Gasteiger charge is -2.44. The molecule has 1 aromatic rings. The van der Waals surface area contributed by atoms with Crippen molar-refractivity contribution in [1.82, 2.24) is 19.4 Å². The molecule has 0 spiro atoms. The van der Waals surface area contributed by atoms with E-state index < -0.39 is 10.0 Å². The molecule has 0 bridgehead atoms. The predicted octanol–water partition coefficient (Wildman–Crippen LogP) is -0.417. The van der Waals surface area contributed by atoms with Crippen molar-refractivity contribution in [3.05, 3.63) is 11.8 Å². The zero-order valence-electron chi connectivity index (χ0n) is 11.5. The molecule has 1 fully saturated rings. The van der Waals surface area contributed by atoms with E-state index in [9.17, 15) is 8.42 Å². The minimum Gasteiger partial charge on any atom is -0.326 e. The van der Waals surface area contributed by atoms with Crippen molar-refractivity contribution in [3.63, 3.8) is 0 Å². The first-order chi connectivity index (χ1) is 8.79. The summed E-state index contributed by atoms with van der Waals surface area (Å²) in [6, 6.07) is 0. The zero-order valence-corrected chi connectivity index (χ0v) is 12.4. The summed E-state index contributed by atoms with van der Waals surface area (Å²) >= 11 is 0. The molecule has 1 saturated heterocycles. The van der Waals surface area contributed by atoms with Crippen LogP contribution in [0.15, 0.2) is 11.2 Å². The number of sulfonamides is 1. The van der Waals surface area contributed by atoms with Crippen molar-refractivity contribution in [2.75, 3.05) is 26.7 Å². The molecule has 0 saturated carbocycles. The molecule has 1 aliphatic heterocycles. The first kappa shape index (κ1) is 14.4. The summed E-state index contributed by atoms with van der Waals surface area (Å²) in [7, 11) is -1.54. The average Bonchev–Trinajstić information content (AvgIpc) is 2.81. The molecule has 0 unspecified atom stereocenters. The third-order valence-electron chi connectivity index (χ3n) is 3.78. The molecule has 0 aromatic carbocycles. The lowest BCUT2D eigenvalue weighted by atomic mass is 10.0. The van der Waals surface area contributed by atoms with Crippen LogP contribution in [-0.4, -0.2) is 60.0 Å². The smallest absolute Gasteiger partial charge is 0.260 e. The summed E-state index contributed by atoms with van der Waals surface area (Å²) in [5, 5.41) is 6.46. The van der Waals surface area contributed by atoms with Crippen molar-refractivity contribution in [1.29, 1.82) is 0 Å². The molecule has 8 heteroatoms. The molecule has 3 N–H and O–H groups in total. The second-order valence-corrected chi connectivity index (χ2v) is 7.38. The van der Waals surface area contributed by atoms with E-state index in [0.717, 1.165) is 0 Å². The van der Waals surface area contributed by atoms with E-state index in [4.69, 9.17) is 5.73 Å². The van der Waals surface area contributed by atoms with E-state index in [1.54, 1.807) is 0 Å². The van der Waals surface area contributed by atoms with Gasteiger partial charge in [-0.3, -0.25) is 10.00 Å². The fourth-order valence-corrected chi connectivity index (χ4v) is 3.90. The summed E-state index contributed by atoms with van der Waals surface area (Å²) < 4.78 is 26.7. The van der Waals surface area contributed by atoms with Gasteiger partial charge in [0.1, 0.15) is 0 Å². The number of nitrogens with one attached hydrogen (secondary N) is 1. The molecule has 0 amide bonds. The lowest BCUT2D eigenvalue weighted by Crippen LogP contribution is -2.58. The minimum absolute atomic E-state index is 0.121. The second kappa shape index (κ2) is 4.86. The van der Waals surface area contributed by atoms with Gasteiger partial charge in [0, 0.05) is 37.3 Å². The topological polar surface area (TPSA) is 95.3 Å². The van der Waals surface area contributed by atoms with Crippen molar-refractivity contribution < 1.29 is 8.42 Å². The Morgan fingerprint density at radius 1 is 1.47 bits per heavy atom. The van der Waals surface area contributed by atoms with E-state index in [0.29, 0.717) is 25.2 Å². The van der Waals surface area contributed by atoms with Crippen molar-refractivity contribution >= 4 is 10.0 Å².